The highest BCUT2D eigenvalue weighted by Gasteiger charge is 2.36. The Labute approximate surface area is 196 Å². The predicted octanol–water partition coefficient (Wildman–Crippen LogP) is 4.05. The summed E-state index contributed by atoms with van der Waals surface area (Å²) in [5.41, 5.74) is 7.03. The van der Waals surface area contributed by atoms with E-state index in [0.29, 0.717) is 6.42 Å². The van der Waals surface area contributed by atoms with Gasteiger partial charge in [0.1, 0.15) is 0 Å². The first-order valence-electron chi connectivity index (χ1n) is 11.7. The van der Waals surface area contributed by atoms with Gasteiger partial charge in [0.2, 0.25) is 5.91 Å². The number of hydrogen-bond acceptors (Lipinski definition) is 5. The fraction of sp³-hybridized carbons (Fsp3) is 0.538. The number of nitriles is 1. The van der Waals surface area contributed by atoms with Crippen molar-refractivity contribution in [2.75, 3.05) is 32.7 Å². The summed E-state index contributed by atoms with van der Waals surface area (Å²) in [6.07, 6.45) is 3.35. The molecule has 0 bridgehead atoms. The molecule has 1 fully saturated rings. The first kappa shape index (κ1) is 24.4. The molecule has 1 aliphatic heterocycles. The molecule has 1 amide bonds. The number of rotatable bonds is 10. The summed E-state index contributed by atoms with van der Waals surface area (Å²) in [6.45, 7) is 8.47. The molecule has 0 saturated carbocycles. The van der Waals surface area contributed by atoms with Gasteiger partial charge in [0.25, 0.3) is 0 Å². The van der Waals surface area contributed by atoms with Gasteiger partial charge in [0.15, 0.2) is 0 Å². The lowest BCUT2D eigenvalue weighted by atomic mass is 9.73. The van der Waals surface area contributed by atoms with Crippen molar-refractivity contribution in [2.24, 2.45) is 11.7 Å². The van der Waals surface area contributed by atoms with Gasteiger partial charge in [0, 0.05) is 31.1 Å². The second kappa shape index (κ2) is 11.6. The van der Waals surface area contributed by atoms with Crippen LogP contribution in [0.5, 0.6) is 0 Å². The minimum absolute atomic E-state index is 0.0709. The van der Waals surface area contributed by atoms with Crippen LogP contribution in [0, 0.1) is 17.2 Å². The van der Waals surface area contributed by atoms with Crippen molar-refractivity contribution in [3.05, 3.63) is 58.3 Å². The maximum Gasteiger partial charge on any atom is 0.239 e. The van der Waals surface area contributed by atoms with E-state index in [4.69, 9.17) is 5.73 Å². The zero-order valence-corrected chi connectivity index (χ0v) is 20.2. The van der Waals surface area contributed by atoms with Crippen LogP contribution in [-0.2, 0) is 16.6 Å². The molecule has 1 aromatic carbocycles. The van der Waals surface area contributed by atoms with E-state index >= 15 is 0 Å². The Morgan fingerprint density at radius 2 is 1.88 bits per heavy atom. The SMILES string of the molecule is CC(C)C(C#N)(CCCN1CCN(C(=O)C(N)CCc2ccccc2)CC1)c1cccs1. The number of aryl methyl sites for hydroxylation is 1. The first-order chi connectivity index (χ1) is 15.5. The Kier molecular flexibility index (Phi) is 8.86. The molecule has 1 aliphatic rings. The Hall–Kier alpha value is -2.20. The van der Waals surface area contributed by atoms with E-state index in [-0.39, 0.29) is 11.8 Å². The maximum absolute atomic E-state index is 12.8. The second-order valence-corrected chi connectivity index (χ2v) is 10.1. The van der Waals surface area contributed by atoms with Crippen LogP contribution in [-0.4, -0.2) is 54.5 Å². The van der Waals surface area contributed by atoms with E-state index in [0.717, 1.165) is 52.0 Å². The fourth-order valence-corrected chi connectivity index (χ4v) is 5.62. The molecule has 0 aliphatic carbocycles. The predicted molar refractivity (Wildman–Crippen MR) is 131 cm³/mol. The van der Waals surface area contributed by atoms with E-state index in [2.05, 4.69) is 48.4 Å². The molecule has 2 heterocycles. The Morgan fingerprint density at radius 3 is 2.47 bits per heavy atom. The number of nitrogens with zero attached hydrogens (tertiary/aromatic N) is 3. The molecule has 0 spiro atoms. The molecule has 3 rings (SSSR count). The third-order valence-corrected chi connectivity index (χ3v) is 7.83. The van der Waals surface area contributed by atoms with Gasteiger partial charge < -0.3 is 10.6 Å². The number of carbonyl (C=O) groups excluding carboxylic acids is 1. The molecule has 0 radical (unpaired) electrons. The van der Waals surface area contributed by atoms with Crippen molar-refractivity contribution in [3.63, 3.8) is 0 Å². The van der Waals surface area contributed by atoms with Crippen LogP contribution >= 0.6 is 11.3 Å². The molecule has 172 valence electrons. The topological polar surface area (TPSA) is 73.4 Å². The van der Waals surface area contributed by atoms with Gasteiger partial charge in [-0.15, -0.1) is 11.3 Å². The lowest BCUT2D eigenvalue weighted by molar-refractivity contribution is -0.134. The smallest absolute Gasteiger partial charge is 0.239 e. The third-order valence-electron chi connectivity index (χ3n) is 6.78. The standard InChI is InChI=1S/C26H36N4OS/c1-21(2)26(20-27,24-10-6-19-32-24)13-7-14-29-15-17-30(18-16-29)25(31)23(28)12-11-22-8-4-3-5-9-22/h3-6,8-10,19,21,23H,7,11-18,28H2,1-2H3. The van der Waals surface area contributed by atoms with Crippen molar-refractivity contribution < 1.29 is 4.79 Å². The fourth-order valence-electron chi connectivity index (χ4n) is 4.57. The zero-order valence-electron chi connectivity index (χ0n) is 19.4. The molecule has 2 unspecified atom stereocenters. The average Bonchev–Trinajstić information content (AvgIpc) is 3.36. The molecule has 2 atom stereocenters. The molecule has 6 heteroatoms. The normalized spacial score (nSPS) is 17.7. The number of thiophene rings is 1. The zero-order chi connectivity index (χ0) is 23.0. The number of piperazine rings is 1. The van der Waals surface area contributed by atoms with E-state index in [1.54, 1.807) is 11.3 Å². The lowest BCUT2D eigenvalue weighted by Gasteiger charge is -2.37. The minimum Gasteiger partial charge on any atom is -0.339 e. The van der Waals surface area contributed by atoms with Crippen molar-refractivity contribution in [3.8, 4) is 6.07 Å². The average molecular weight is 453 g/mol. The van der Waals surface area contributed by atoms with E-state index in [1.165, 1.54) is 10.4 Å². The highest BCUT2D eigenvalue weighted by Crippen LogP contribution is 2.39. The van der Waals surface area contributed by atoms with Crippen LogP contribution in [0.15, 0.2) is 47.8 Å². The van der Waals surface area contributed by atoms with Gasteiger partial charge in [-0.3, -0.25) is 9.69 Å². The van der Waals surface area contributed by atoms with Gasteiger partial charge in [0.05, 0.1) is 17.5 Å². The van der Waals surface area contributed by atoms with Crippen molar-refractivity contribution in [1.82, 2.24) is 9.80 Å². The van der Waals surface area contributed by atoms with Crippen LogP contribution in [0.1, 0.15) is 43.6 Å². The summed E-state index contributed by atoms with van der Waals surface area (Å²) in [7, 11) is 0. The molecule has 1 saturated heterocycles. The van der Waals surface area contributed by atoms with Crippen molar-refractivity contribution in [2.45, 2.75) is 51.0 Å². The monoisotopic (exact) mass is 452 g/mol. The van der Waals surface area contributed by atoms with Crippen LogP contribution in [0.2, 0.25) is 0 Å². The van der Waals surface area contributed by atoms with E-state index < -0.39 is 11.5 Å². The van der Waals surface area contributed by atoms with Gasteiger partial charge in [-0.2, -0.15) is 5.26 Å². The molecule has 1 aromatic heterocycles. The second-order valence-electron chi connectivity index (χ2n) is 9.12. The Balaban J connectivity index is 1.42. The summed E-state index contributed by atoms with van der Waals surface area (Å²) in [4.78, 5) is 18.3. The molecule has 2 N–H and O–H groups in total. The summed E-state index contributed by atoms with van der Waals surface area (Å²) >= 11 is 1.69. The maximum atomic E-state index is 12.8. The Morgan fingerprint density at radius 1 is 1.16 bits per heavy atom. The van der Waals surface area contributed by atoms with Crippen LogP contribution in [0.4, 0.5) is 0 Å². The summed E-state index contributed by atoms with van der Waals surface area (Å²) < 4.78 is 0. The van der Waals surface area contributed by atoms with Gasteiger partial charge in [-0.25, -0.2) is 0 Å². The molecular formula is C26H36N4OS. The summed E-state index contributed by atoms with van der Waals surface area (Å²) in [5.74, 6) is 0.347. The van der Waals surface area contributed by atoms with Crippen LogP contribution in [0.25, 0.3) is 0 Å². The highest BCUT2D eigenvalue weighted by atomic mass is 32.1. The van der Waals surface area contributed by atoms with E-state index in [9.17, 15) is 10.1 Å². The summed E-state index contributed by atoms with van der Waals surface area (Å²) in [5, 5.41) is 12.1. The number of benzene rings is 1. The molecule has 5 nitrogen and oxygen atoms in total. The van der Waals surface area contributed by atoms with Crippen molar-refractivity contribution in [1.29, 1.82) is 5.26 Å². The number of nitrogens with two attached hydrogens (primary N) is 1. The summed E-state index contributed by atoms with van der Waals surface area (Å²) in [6, 6.07) is 16.5. The Bertz CT molecular complexity index is 869. The quantitative estimate of drug-likeness (QED) is 0.590. The number of carbonyl (C=O) groups is 1. The first-order valence-corrected chi connectivity index (χ1v) is 12.6. The highest BCUT2D eigenvalue weighted by molar-refractivity contribution is 7.10. The number of amides is 1. The molecule has 32 heavy (non-hydrogen) atoms. The third kappa shape index (κ3) is 5.98. The lowest BCUT2D eigenvalue weighted by Crippen LogP contribution is -2.53. The van der Waals surface area contributed by atoms with E-state index in [1.807, 2.05) is 29.2 Å². The molecular weight excluding hydrogens is 416 g/mol. The van der Waals surface area contributed by atoms with Gasteiger partial charge >= 0.3 is 0 Å². The molecule has 2 aromatic rings. The van der Waals surface area contributed by atoms with Gasteiger partial charge in [-0.05, 0) is 55.2 Å². The largest absolute Gasteiger partial charge is 0.339 e. The number of hydrogen-bond donors (Lipinski definition) is 1. The van der Waals surface area contributed by atoms with Crippen LogP contribution < -0.4 is 5.73 Å². The van der Waals surface area contributed by atoms with Gasteiger partial charge in [-0.1, -0.05) is 50.2 Å². The van der Waals surface area contributed by atoms with Crippen molar-refractivity contribution >= 4 is 17.2 Å². The van der Waals surface area contributed by atoms with Crippen LogP contribution in [0.3, 0.4) is 0 Å². The minimum atomic E-state index is -0.435.